The number of phenols is 1. The van der Waals surface area contributed by atoms with E-state index < -0.39 is 8.80 Å². The summed E-state index contributed by atoms with van der Waals surface area (Å²) in [5.41, 5.74) is 0.901. The molecule has 0 radical (unpaired) electrons. The molecule has 0 spiro atoms. The zero-order chi connectivity index (χ0) is 14.1. The van der Waals surface area contributed by atoms with Crippen LogP contribution in [0.1, 0.15) is 26.3 Å². The van der Waals surface area contributed by atoms with Gasteiger partial charge in [0.1, 0.15) is 5.75 Å². The van der Waals surface area contributed by atoms with Crippen LogP contribution in [-0.2, 0) is 19.7 Å². The van der Waals surface area contributed by atoms with Crippen molar-refractivity contribution in [3.8, 4) is 5.75 Å². The fourth-order valence-corrected chi connectivity index (χ4v) is 4.59. The van der Waals surface area contributed by atoms with Crippen molar-refractivity contribution >= 4 is 8.80 Å². The van der Waals surface area contributed by atoms with Crippen molar-refractivity contribution in [1.29, 1.82) is 0 Å². The predicted molar refractivity (Wildman–Crippen MR) is 77.2 cm³/mol. The van der Waals surface area contributed by atoms with Crippen LogP contribution in [0.2, 0.25) is 6.04 Å². The van der Waals surface area contributed by atoms with Crippen LogP contribution in [0.5, 0.6) is 5.75 Å². The molecule has 0 atom stereocenters. The van der Waals surface area contributed by atoms with Crippen molar-refractivity contribution in [2.24, 2.45) is 0 Å². The number of phenolic OH excluding ortho intramolecular Hbond substituents is 1. The van der Waals surface area contributed by atoms with Gasteiger partial charge in [0.05, 0.1) is 0 Å². The summed E-state index contributed by atoms with van der Waals surface area (Å²) in [5.74, 6) is 0.315. The monoisotopic (exact) mass is 284 g/mol. The van der Waals surface area contributed by atoms with Crippen LogP contribution >= 0.6 is 0 Å². The summed E-state index contributed by atoms with van der Waals surface area (Å²) >= 11 is 0. The molecule has 0 aliphatic rings. The van der Waals surface area contributed by atoms with Crippen molar-refractivity contribution in [3.05, 3.63) is 29.8 Å². The third-order valence-corrected chi connectivity index (χ3v) is 5.83. The Labute approximate surface area is 116 Å². The molecular formula is C14H24O4Si. The minimum Gasteiger partial charge on any atom is -0.508 e. The Bertz CT molecular complexity index is 353. The summed E-state index contributed by atoms with van der Waals surface area (Å²) in [5, 5.41) is 9.79. The average Bonchev–Trinajstić information content (AvgIpc) is 2.39. The topological polar surface area (TPSA) is 47.9 Å². The summed E-state index contributed by atoms with van der Waals surface area (Å²) in [7, 11) is -2.61. The van der Waals surface area contributed by atoms with Crippen LogP contribution in [-0.4, -0.2) is 33.7 Å². The van der Waals surface area contributed by atoms with E-state index >= 15 is 0 Å². The third-order valence-electron chi connectivity index (χ3n) is 2.78. The van der Waals surface area contributed by atoms with Crippen LogP contribution in [0.25, 0.3) is 0 Å². The molecule has 5 heteroatoms. The number of rotatable bonds is 9. The van der Waals surface area contributed by atoms with E-state index in [-0.39, 0.29) is 0 Å². The number of para-hydroxylation sites is 1. The Hall–Kier alpha value is -0.883. The molecule has 1 N–H and O–H groups in total. The number of aromatic hydroxyl groups is 1. The van der Waals surface area contributed by atoms with Gasteiger partial charge in [-0.1, -0.05) is 18.2 Å². The highest BCUT2D eigenvalue weighted by Crippen LogP contribution is 2.23. The molecule has 4 nitrogen and oxygen atoms in total. The molecule has 0 aliphatic heterocycles. The first-order valence-electron chi connectivity index (χ1n) is 6.86. The normalized spacial score (nSPS) is 11.7. The van der Waals surface area contributed by atoms with Crippen molar-refractivity contribution in [2.75, 3.05) is 19.8 Å². The highest BCUT2D eigenvalue weighted by molar-refractivity contribution is 6.60. The van der Waals surface area contributed by atoms with Crippen molar-refractivity contribution < 1.29 is 18.4 Å². The smallest absolute Gasteiger partial charge is 0.501 e. The maximum atomic E-state index is 9.79. The molecule has 0 fully saturated rings. The molecule has 19 heavy (non-hydrogen) atoms. The minimum absolute atomic E-state index is 0.315. The van der Waals surface area contributed by atoms with E-state index in [1.54, 1.807) is 6.07 Å². The van der Waals surface area contributed by atoms with E-state index in [4.69, 9.17) is 13.3 Å². The van der Waals surface area contributed by atoms with E-state index in [1.807, 2.05) is 39.0 Å². The van der Waals surface area contributed by atoms with Crippen LogP contribution in [0.3, 0.4) is 0 Å². The molecule has 0 saturated heterocycles. The Kier molecular flexibility index (Phi) is 7.08. The van der Waals surface area contributed by atoms with Gasteiger partial charge in [-0.25, -0.2) is 0 Å². The highest BCUT2D eigenvalue weighted by atomic mass is 28.4. The van der Waals surface area contributed by atoms with E-state index in [2.05, 4.69) is 0 Å². The number of aryl methyl sites for hydroxylation is 1. The van der Waals surface area contributed by atoms with Gasteiger partial charge < -0.3 is 18.4 Å². The molecular weight excluding hydrogens is 260 g/mol. The van der Waals surface area contributed by atoms with Crippen molar-refractivity contribution in [1.82, 2.24) is 0 Å². The lowest BCUT2D eigenvalue weighted by molar-refractivity contribution is 0.0714. The molecule has 1 aromatic rings. The second kappa shape index (κ2) is 8.32. The van der Waals surface area contributed by atoms with E-state index in [9.17, 15) is 5.11 Å². The second-order valence-electron chi connectivity index (χ2n) is 4.11. The van der Waals surface area contributed by atoms with Crippen LogP contribution in [0.15, 0.2) is 24.3 Å². The summed E-state index contributed by atoms with van der Waals surface area (Å²) in [6, 6.07) is 8.02. The first kappa shape index (κ1) is 16.2. The Morgan fingerprint density at radius 3 is 1.95 bits per heavy atom. The molecule has 0 aliphatic carbocycles. The maximum absolute atomic E-state index is 9.79. The first-order valence-corrected chi connectivity index (χ1v) is 8.79. The fourth-order valence-electron chi connectivity index (χ4n) is 2.01. The highest BCUT2D eigenvalue weighted by Gasteiger charge is 2.39. The summed E-state index contributed by atoms with van der Waals surface area (Å²) in [6.07, 6.45) is 0.693. The van der Waals surface area contributed by atoms with Gasteiger partial charge in [0, 0.05) is 25.9 Å². The second-order valence-corrected chi connectivity index (χ2v) is 6.84. The largest absolute Gasteiger partial charge is 0.508 e. The lowest BCUT2D eigenvalue weighted by atomic mass is 10.1. The van der Waals surface area contributed by atoms with Gasteiger partial charge in [0.25, 0.3) is 0 Å². The van der Waals surface area contributed by atoms with Gasteiger partial charge in [0.15, 0.2) is 0 Å². The van der Waals surface area contributed by atoms with Gasteiger partial charge in [-0.2, -0.15) is 0 Å². The third kappa shape index (κ3) is 4.95. The zero-order valence-corrected chi connectivity index (χ0v) is 13.0. The molecule has 0 amide bonds. The Balaban J connectivity index is 2.73. The zero-order valence-electron chi connectivity index (χ0n) is 12.0. The Morgan fingerprint density at radius 1 is 0.947 bits per heavy atom. The van der Waals surface area contributed by atoms with Crippen LogP contribution < -0.4 is 0 Å². The Morgan fingerprint density at radius 2 is 1.47 bits per heavy atom. The van der Waals surface area contributed by atoms with E-state index in [1.165, 1.54) is 0 Å². The molecule has 108 valence electrons. The molecule has 0 heterocycles. The van der Waals surface area contributed by atoms with Crippen LogP contribution in [0, 0.1) is 0 Å². The summed E-state index contributed by atoms with van der Waals surface area (Å²) in [4.78, 5) is 0. The van der Waals surface area contributed by atoms with Gasteiger partial charge in [-0.15, -0.1) is 0 Å². The molecule has 0 unspecified atom stereocenters. The molecule has 0 aromatic heterocycles. The standard InChI is InChI=1S/C14H24O4Si/c1-4-16-19(17-5-2,18-6-3)12-11-13-9-7-8-10-14(13)15/h7-10,15H,4-6,11-12H2,1-3H3. The quantitative estimate of drug-likeness (QED) is 0.708. The number of benzene rings is 1. The summed E-state index contributed by atoms with van der Waals surface area (Å²) in [6.45, 7) is 7.56. The van der Waals surface area contributed by atoms with Gasteiger partial charge >= 0.3 is 8.80 Å². The molecule has 1 rings (SSSR count). The van der Waals surface area contributed by atoms with Crippen molar-refractivity contribution in [2.45, 2.75) is 33.2 Å². The van der Waals surface area contributed by atoms with Crippen molar-refractivity contribution in [3.63, 3.8) is 0 Å². The SMILES string of the molecule is CCO[Si](CCc1ccccc1O)(OCC)OCC. The average molecular weight is 284 g/mol. The lowest BCUT2D eigenvalue weighted by Crippen LogP contribution is -2.46. The minimum atomic E-state index is -2.61. The lowest BCUT2D eigenvalue weighted by Gasteiger charge is -2.28. The molecule has 0 bridgehead atoms. The van der Waals surface area contributed by atoms with E-state index in [0.717, 1.165) is 5.56 Å². The van der Waals surface area contributed by atoms with Gasteiger partial charge in [-0.05, 0) is 38.8 Å². The first-order chi connectivity index (χ1) is 9.17. The number of hydrogen-bond acceptors (Lipinski definition) is 4. The van der Waals surface area contributed by atoms with Gasteiger partial charge in [0.2, 0.25) is 0 Å². The maximum Gasteiger partial charge on any atom is 0.501 e. The molecule has 1 aromatic carbocycles. The fraction of sp³-hybridized carbons (Fsp3) is 0.571. The predicted octanol–water partition coefficient (Wildman–Crippen LogP) is 2.98. The molecule has 0 saturated carbocycles. The van der Waals surface area contributed by atoms with Gasteiger partial charge in [-0.3, -0.25) is 0 Å². The van der Waals surface area contributed by atoms with Crippen LogP contribution in [0.4, 0.5) is 0 Å². The summed E-state index contributed by atoms with van der Waals surface area (Å²) < 4.78 is 17.4. The number of hydrogen-bond donors (Lipinski definition) is 1. The van der Waals surface area contributed by atoms with E-state index in [0.29, 0.717) is 38.0 Å².